The number of hydrogen-bond donors (Lipinski definition) is 0. The maximum absolute atomic E-state index is 12.9. The smallest absolute Gasteiger partial charge is 0.339 e. The Bertz CT molecular complexity index is 1220. The van der Waals surface area contributed by atoms with Crippen molar-refractivity contribution in [2.75, 3.05) is 0 Å². The summed E-state index contributed by atoms with van der Waals surface area (Å²) in [5.74, 6) is -0.238. The van der Waals surface area contributed by atoms with E-state index in [0.29, 0.717) is 10.5 Å². The molecule has 130 valence electrons. The van der Waals surface area contributed by atoms with E-state index in [1.54, 1.807) is 60.0 Å². The topological polar surface area (TPSA) is 73.6 Å². The van der Waals surface area contributed by atoms with E-state index in [-0.39, 0.29) is 21.8 Å². The van der Waals surface area contributed by atoms with Crippen LogP contribution in [-0.2, 0) is 10.1 Å². The van der Waals surface area contributed by atoms with E-state index in [0.717, 1.165) is 0 Å². The number of thiophene rings is 1. The number of para-hydroxylation sites is 1. The van der Waals surface area contributed by atoms with Gasteiger partial charge in [0.1, 0.15) is 10.5 Å². The van der Waals surface area contributed by atoms with Crippen molar-refractivity contribution in [3.8, 4) is 16.4 Å². The summed E-state index contributed by atoms with van der Waals surface area (Å²) in [6.45, 7) is 0. The lowest BCUT2D eigenvalue weighted by atomic mass is 10.2. The Kier molecular flexibility index (Phi) is 4.10. The normalized spacial score (nSPS) is 11.5. The number of benzene rings is 2. The standard InChI is InChI=1S/C19H12O5S2/c20-17-14-9-4-5-10-15(14)23-18(16-11-6-12-25-16)19(17)24-26(21,22)13-7-2-1-3-8-13/h1-12H. The molecule has 0 radical (unpaired) electrons. The lowest BCUT2D eigenvalue weighted by molar-refractivity contribution is 0.472. The Morgan fingerprint density at radius 1 is 0.885 bits per heavy atom. The zero-order valence-electron chi connectivity index (χ0n) is 13.3. The minimum absolute atomic E-state index is 0.0373. The molecule has 2 aromatic heterocycles. The molecule has 2 aromatic carbocycles. The van der Waals surface area contributed by atoms with Crippen molar-refractivity contribution in [2.24, 2.45) is 0 Å². The van der Waals surface area contributed by atoms with Gasteiger partial charge in [-0.1, -0.05) is 36.4 Å². The molecule has 0 aliphatic rings. The highest BCUT2D eigenvalue weighted by Gasteiger charge is 2.25. The Hall–Kier alpha value is -2.90. The predicted octanol–water partition coefficient (Wildman–Crippen LogP) is 4.29. The maximum atomic E-state index is 12.9. The van der Waals surface area contributed by atoms with Crippen molar-refractivity contribution in [3.63, 3.8) is 0 Å². The van der Waals surface area contributed by atoms with Crippen LogP contribution in [0.5, 0.6) is 5.75 Å². The molecule has 0 fully saturated rings. The van der Waals surface area contributed by atoms with Gasteiger partial charge in [-0.05, 0) is 35.7 Å². The van der Waals surface area contributed by atoms with Crippen molar-refractivity contribution in [1.29, 1.82) is 0 Å². The van der Waals surface area contributed by atoms with Gasteiger partial charge in [-0.2, -0.15) is 8.42 Å². The van der Waals surface area contributed by atoms with E-state index in [9.17, 15) is 13.2 Å². The van der Waals surface area contributed by atoms with Crippen LogP contribution in [-0.4, -0.2) is 8.42 Å². The Morgan fingerprint density at radius 2 is 1.62 bits per heavy atom. The van der Waals surface area contributed by atoms with Crippen LogP contribution in [0.25, 0.3) is 21.6 Å². The number of fused-ring (bicyclic) bond motifs is 1. The molecular formula is C19H12O5S2. The van der Waals surface area contributed by atoms with Gasteiger partial charge in [0, 0.05) is 0 Å². The molecule has 0 aliphatic carbocycles. The van der Waals surface area contributed by atoms with Gasteiger partial charge in [-0.15, -0.1) is 11.3 Å². The SMILES string of the molecule is O=c1c(OS(=O)(=O)c2ccccc2)c(-c2cccs2)oc2ccccc12. The highest BCUT2D eigenvalue weighted by Crippen LogP contribution is 2.35. The summed E-state index contributed by atoms with van der Waals surface area (Å²) in [7, 11) is -4.17. The maximum Gasteiger partial charge on any atom is 0.339 e. The second-order valence-corrected chi connectivity index (χ2v) is 7.91. The lowest BCUT2D eigenvalue weighted by Crippen LogP contribution is -2.16. The molecule has 0 aliphatic heterocycles. The molecule has 7 heteroatoms. The summed E-state index contributed by atoms with van der Waals surface area (Å²) in [6, 6.07) is 17.8. The van der Waals surface area contributed by atoms with E-state index in [4.69, 9.17) is 8.60 Å². The third-order valence-electron chi connectivity index (χ3n) is 3.73. The fraction of sp³-hybridized carbons (Fsp3) is 0. The van der Waals surface area contributed by atoms with Gasteiger partial charge in [0.25, 0.3) is 0 Å². The lowest BCUT2D eigenvalue weighted by Gasteiger charge is -2.10. The molecule has 0 atom stereocenters. The fourth-order valence-electron chi connectivity index (χ4n) is 2.52. The molecule has 0 amide bonds. The third kappa shape index (κ3) is 2.91. The monoisotopic (exact) mass is 384 g/mol. The molecule has 0 bridgehead atoms. The second kappa shape index (κ2) is 6.44. The number of hydrogen-bond acceptors (Lipinski definition) is 6. The van der Waals surface area contributed by atoms with Crippen LogP contribution in [0.4, 0.5) is 0 Å². The van der Waals surface area contributed by atoms with E-state index in [1.807, 2.05) is 0 Å². The van der Waals surface area contributed by atoms with Gasteiger partial charge in [-0.25, -0.2) is 0 Å². The second-order valence-electron chi connectivity index (χ2n) is 5.41. The minimum atomic E-state index is -4.17. The van der Waals surface area contributed by atoms with Gasteiger partial charge in [0.2, 0.25) is 11.2 Å². The van der Waals surface area contributed by atoms with Gasteiger partial charge in [0.15, 0.2) is 5.76 Å². The quantitative estimate of drug-likeness (QED) is 0.491. The summed E-state index contributed by atoms with van der Waals surface area (Å²) in [5, 5.41) is 2.06. The molecule has 0 N–H and O–H groups in total. The molecule has 0 saturated carbocycles. The minimum Gasteiger partial charge on any atom is -0.451 e. The molecule has 2 heterocycles. The average Bonchev–Trinajstić information content (AvgIpc) is 3.19. The summed E-state index contributed by atoms with van der Waals surface area (Å²) >= 11 is 1.32. The van der Waals surface area contributed by atoms with Crippen LogP contribution in [0.15, 0.2) is 86.2 Å². The van der Waals surface area contributed by atoms with Crippen LogP contribution in [0.2, 0.25) is 0 Å². The van der Waals surface area contributed by atoms with E-state index < -0.39 is 15.5 Å². The summed E-state index contributed by atoms with van der Waals surface area (Å²) in [5.41, 5.74) is -0.167. The molecule has 4 aromatic rings. The van der Waals surface area contributed by atoms with Gasteiger partial charge < -0.3 is 8.60 Å². The largest absolute Gasteiger partial charge is 0.451 e. The third-order valence-corrected chi connectivity index (χ3v) is 5.83. The van der Waals surface area contributed by atoms with Crippen LogP contribution in [0.1, 0.15) is 0 Å². The summed E-state index contributed by atoms with van der Waals surface area (Å²) in [6.07, 6.45) is 0. The zero-order chi connectivity index (χ0) is 18.1. The van der Waals surface area contributed by atoms with Crippen molar-refractivity contribution in [2.45, 2.75) is 4.90 Å². The van der Waals surface area contributed by atoms with Crippen molar-refractivity contribution in [1.82, 2.24) is 0 Å². The van der Waals surface area contributed by atoms with Crippen molar-refractivity contribution < 1.29 is 17.0 Å². The first-order valence-corrected chi connectivity index (χ1v) is 9.94. The molecule has 0 spiro atoms. The molecule has 4 rings (SSSR count). The predicted molar refractivity (Wildman–Crippen MR) is 100 cm³/mol. The molecular weight excluding hydrogens is 372 g/mol. The first kappa shape index (κ1) is 16.6. The Labute approximate surface area is 153 Å². The van der Waals surface area contributed by atoms with Crippen LogP contribution < -0.4 is 9.61 Å². The molecule has 0 saturated heterocycles. The van der Waals surface area contributed by atoms with E-state index in [1.165, 1.54) is 23.5 Å². The first-order chi connectivity index (χ1) is 12.6. The van der Waals surface area contributed by atoms with Gasteiger partial charge in [0.05, 0.1) is 10.3 Å². The fourth-order valence-corrected chi connectivity index (χ4v) is 4.18. The first-order valence-electron chi connectivity index (χ1n) is 7.65. The van der Waals surface area contributed by atoms with Crippen molar-refractivity contribution >= 4 is 32.4 Å². The van der Waals surface area contributed by atoms with Crippen LogP contribution in [0, 0.1) is 0 Å². The highest BCUT2D eigenvalue weighted by molar-refractivity contribution is 7.87. The molecule has 5 nitrogen and oxygen atoms in total. The zero-order valence-corrected chi connectivity index (χ0v) is 14.9. The summed E-state index contributed by atoms with van der Waals surface area (Å²) < 4.78 is 36.3. The highest BCUT2D eigenvalue weighted by atomic mass is 32.2. The van der Waals surface area contributed by atoms with Crippen LogP contribution >= 0.6 is 11.3 Å². The average molecular weight is 384 g/mol. The Balaban J connectivity index is 1.95. The van der Waals surface area contributed by atoms with Crippen molar-refractivity contribution in [3.05, 3.63) is 82.3 Å². The summed E-state index contributed by atoms with van der Waals surface area (Å²) in [4.78, 5) is 13.5. The van der Waals surface area contributed by atoms with E-state index in [2.05, 4.69) is 0 Å². The van der Waals surface area contributed by atoms with Gasteiger partial charge in [-0.3, -0.25) is 4.79 Å². The van der Waals surface area contributed by atoms with Gasteiger partial charge >= 0.3 is 10.1 Å². The molecule has 0 unspecified atom stereocenters. The Morgan fingerprint density at radius 3 is 2.35 bits per heavy atom. The van der Waals surface area contributed by atoms with E-state index >= 15 is 0 Å². The molecule has 26 heavy (non-hydrogen) atoms. The van der Waals surface area contributed by atoms with Crippen LogP contribution in [0.3, 0.4) is 0 Å². The number of rotatable bonds is 4.